The Bertz CT molecular complexity index is 2010. The second kappa shape index (κ2) is 5.21. The Labute approximate surface area is 174 Å². The monoisotopic (exact) mass is 399 g/mol. The van der Waals surface area contributed by atoms with E-state index in [4.69, 9.17) is 8.83 Å². The molecule has 0 aliphatic heterocycles. The van der Waals surface area contributed by atoms with E-state index in [0.29, 0.717) is 0 Å². The summed E-state index contributed by atoms with van der Waals surface area (Å²) in [6.45, 7) is 0. The molecule has 144 valence electrons. The average Bonchev–Trinajstić information content (AvgIpc) is 3.53. The molecule has 5 aromatic heterocycles. The van der Waals surface area contributed by atoms with Crippen molar-refractivity contribution >= 4 is 71.2 Å². The topological polar surface area (TPSA) is 56.5 Å². The van der Waals surface area contributed by atoms with Crippen LogP contribution < -0.4 is 0 Å². The highest BCUT2D eigenvalue weighted by molar-refractivity contribution is 6.26. The molecule has 0 saturated heterocycles. The van der Waals surface area contributed by atoms with Crippen molar-refractivity contribution in [1.82, 2.24) is 14.4 Å². The number of para-hydroxylation sites is 1. The van der Waals surface area contributed by atoms with E-state index in [1.54, 1.807) is 6.20 Å². The fourth-order valence-electron chi connectivity index (χ4n) is 5.02. The first-order chi connectivity index (χ1) is 15.4. The molecular formula is C26H13N3O2. The Morgan fingerprint density at radius 3 is 2.42 bits per heavy atom. The number of imidazole rings is 1. The predicted octanol–water partition coefficient (Wildman–Crippen LogP) is 6.83. The minimum Gasteiger partial charge on any atom is -0.452 e. The summed E-state index contributed by atoms with van der Waals surface area (Å²) in [6.07, 6.45) is 7.52. The van der Waals surface area contributed by atoms with E-state index in [1.807, 2.05) is 42.9 Å². The van der Waals surface area contributed by atoms with E-state index in [0.717, 1.165) is 71.2 Å². The average molecular weight is 399 g/mol. The van der Waals surface area contributed by atoms with Crippen LogP contribution in [0.15, 0.2) is 88.2 Å². The molecule has 5 heteroatoms. The summed E-state index contributed by atoms with van der Waals surface area (Å²) in [5.74, 6) is 0. The molecule has 5 heterocycles. The Balaban J connectivity index is 1.66. The van der Waals surface area contributed by atoms with Crippen molar-refractivity contribution < 1.29 is 8.83 Å². The molecule has 0 amide bonds. The third-order valence-corrected chi connectivity index (χ3v) is 6.36. The number of rotatable bonds is 0. The number of hydrogen-bond donors (Lipinski definition) is 0. The Hall–Kier alpha value is -4.38. The lowest BCUT2D eigenvalue weighted by atomic mass is 10.0. The van der Waals surface area contributed by atoms with Gasteiger partial charge >= 0.3 is 0 Å². The second-order valence-electron chi connectivity index (χ2n) is 7.90. The van der Waals surface area contributed by atoms with Gasteiger partial charge in [-0.1, -0.05) is 18.2 Å². The summed E-state index contributed by atoms with van der Waals surface area (Å²) in [5, 5.41) is 7.39. The van der Waals surface area contributed by atoms with Crippen molar-refractivity contribution in [1.29, 1.82) is 0 Å². The number of benzene rings is 3. The molecule has 0 saturated carbocycles. The van der Waals surface area contributed by atoms with E-state index < -0.39 is 0 Å². The van der Waals surface area contributed by atoms with Crippen LogP contribution in [-0.4, -0.2) is 14.4 Å². The maximum Gasteiger partial charge on any atom is 0.178 e. The maximum atomic E-state index is 6.59. The van der Waals surface area contributed by atoms with Gasteiger partial charge in [0.1, 0.15) is 16.8 Å². The van der Waals surface area contributed by atoms with Crippen LogP contribution in [0.5, 0.6) is 0 Å². The van der Waals surface area contributed by atoms with Gasteiger partial charge in [-0.3, -0.25) is 9.38 Å². The van der Waals surface area contributed by atoms with Crippen LogP contribution in [0.1, 0.15) is 0 Å². The molecular weight excluding hydrogens is 386 g/mol. The molecule has 0 fully saturated rings. The van der Waals surface area contributed by atoms with Gasteiger partial charge in [-0.05, 0) is 36.4 Å². The molecule has 31 heavy (non-hydrogen) atoms. The van der Waals surface area contributed by atoms with Crippen molar-refractivity contribution in [3.63, 3.8) is 0 Å². The van der Waals surface area contributed by atoms with Crippen LogP contribution >= 0.6 is 0 Å². The summed E-state index contributed by atoms with van der Waals surface area (Å²) in [5.41, 5.74) is 5.23. The van der Waals surface area contributed by atoms with Gasteiger partial charge in [0.25, 0.3) is 0 Å². The smallest absolute Gasteiger partial charge is 0.178 e. The Morgan fingerprint density at radius 2 is 1.45 bits per heavy atom. The van der Waals surface area contributed by atoms with Crippen molar-refractivity contribution in [2.75, 3.05) is 0 Å². The number of pyridine rings is 2. The summed E-state index contributed by atoms with van der Waals surface area (Å²) in [4.78, 5) is 8.97. The first-order valence-corrected chi connectivity index (χ1v) is 10.2. The standard InChI is InChI=1S/C26H13N3O2/c1-2-4-21-14(3-1)15-5-6-17-16-7-8-20-22(23(16)31-25(17)24(15)30-21)19-13-27-10-9-18(19)26-28-11-12-29(20)26/h1-13H. The minimum atomic E-state index is 0.777. The van der Waals surface area contributed by atoms with Crippen LogP contribution in [-0.2, 0) is 0 Å². The van der Waals surface area contributed by atoms with Gasteiger partial charge < -0.3 is 8.83 Å². The lowest BCUT2D eigenvalue weighted by Gasteiger charge is -2.08. The molecule has 0 atom stereocenters. The highest BCUT2D eigenvalue weighted by atomic mass is 16.4. The number of aromatic nitrogens is 3. The SMILES string of the molecule is c1ccc2c(c1)oc1c2ccc2c3ccc4c(c5cnccc5c5nccn45)c3oc21. The van der Waals surface area contributed by atoms with Crippen LogP contribution in [0.25, 0.3) is 71.2 Å². The number of furan rings is 2. The van der Waals surface area contributed by atoms with E-state index in [-0.39, 0.29) is 0 Å². The summed E-state index contributed by atoms with van der Waals surface area (Å²) in [7, 11) is 0. The number of hydrogen-bond acceptors (Lipinski definition) is 4. The van der Waals surface area contributed by atoms with Gasteiger partial charge in [0.15, 0.2) is 11.2 Å². The summed E-state index contributed by atoms with van der Waals surface area (Å²) < 4.78 is 14.9. The van der Waals surface area contributed by atoms with Crippen LogP contribution in [0.2, 0.25) is 0 Å². The molecule has 0 unspecified atom stereocenters. The van der Waals surface area contributed by atoms with Crippen molar-refractivity contribution in [3.8, 4) is 0 Å². The Kier molecular flexibility index (Phi) is 2.60. The quantitative estimate of drug-likeness (QED) is 0.262. The zero-order chi connectivity index (χ0) is 20.1. The molecule has 3 aromatic carbocycles. The second-order valence-corrected chi connectivity index (χ2v) is 7.90. The van der Waals surface area contributed by atoms with Crippen molar-refractivity contribution in [2.24, 2.45) is 0 Å². The van der Waals surface area contributed by atoms with Crippen LogP contribution in [0.3, 0.4) is 0 Å². The molecule has 0 bridgehead atoms. The molecule has 5 nitrogen and oxygen atoms in total. The molecule has 0 aliphatic rings. The number of fused-ring (bicyclic) bond motifs is 14. The fraction of sp³-hybridized carbons (Fsp3) is 0. The predicted molar refractivity (Wildman–Crippen MR) is 123 cm³/mol. The van der Waals surface area contributed by atoms with E-state index in [2.05, 4.69) is 44.7 Å². The van der Waals surface area contributed by atoms with Gasteiger partial charge in [-0.15, -0.1) is 0 Å². The Morgan fingerprint density at radius 1 is 0.645 bits per heavy atom. The molecule has 8 rings (SSSR count). The van der Waals surface area contributed by atoms with Gasteiger partial charge in [-0.2, -0.15) is 0 Å². The fourth-order valence-corrected chi connectivity index (χ4v) is 5.02. The highest BCUT2D eigenvalue weighted by Gasteiger charge is 2.19. The molecule has 8 aromatic rings. The summed E-state index contributed by atoms with van der Waals surface area (Å²) >= 11 is 0. The molecule has 0 aliphatic carbocycles. The minimum absolute atomic E-state index is 0.777. The zero-order valence-corrected chi connectivity index (χ0v) is 16.2. The third-order valence-electron chi connectivity index (χ3n) is 6.36. The van der Waals surface area contributed by atoms with Gasteiger partial charge in [0.2, 0.25) is 0 Å². The first-order valence-electron chi connectivity index (χ1n) is 10.2. The maximum absolute atomic E-state index is 6.59. The number of nitrogens with zero attached hydrogens (tertiary/aromatic N) is 3. The van der Waals surface area contributed by atoms with Crippen LogP contribution in [0.4, 0.5) is 0 Å². The molecule has 0 radical (unpaired) electrons. The largest absolute Gasteiger partial charge is 0.452 e. The van der Waals surface area contributed by atoms with Gasteiger partial charge in [0, 0.05) is 57.1 Å². The lowest BCUT2D eigenvalue weighted by molar-refractivity contribution is 0.635. The van der Waals surface area contributed by atoms with Crippen molar-refractivity contribution in [2.45, 2.75) is 0 Å². The lowest BCUT2D eigenvalue weighted by Crippen LogP contribution is -1.91. The van der Waals surface area contributed by atoms with Crippen LogP contribution in [0, 0.1) is 0 Å². The third kappa shape index (κ3) is 1.78. The highest BCUT2D eigenvalue weighted by Crippen LogP contribution is 2.42. The zero-order valence-electron chi connectivity index (χ0n) is 16.2. The van der Waals surface area contributed by atoms with Gasteiger partial charge in [-0.25, -0.2) is 4.98 Å². The van der Waals surface area contributed by atoms with E-state index in [1.165, 1.54) is 0 Å². The van der Waals surface area contributed by atoms with Gasteiger partial charge in [0.05, 0.1) is 10.9 Å². The van der Waals surface area contributed by atoms with Crippen molar-refractivity contribution in [3.05, 3.63) is 79.4 Å². The van der Waals surface area contributed by atoms with E-state index in [9.17, 15) is 0 Å². The molecule has 0 N–H and O–H groups in total. The normalized spacial score (nSPS) is 12.5. The summed E-state index contributed by atoms with van der Waals surface area (Å²) in [6, 6.07) is 18.6. The first kappa shape index (κ1) is 15.5. The van der Waals surface area contributed by atoms with E-state index >= 15 is 0 Å². The molecule has 0 spiro atoms.